The van der Waals surface area contributed by atoms with E-state index in [9.17, 15) is 19.8 Å². The van der Waals surface area contributed by atoms with Gasteiger partial charge in [-0.3, -0.25) is 9.59 Å². The van der Waals surface area contributed by atoms with Crippen molar-refractivity contribution >= 4 is 27.5 Å². The van der Waals surface area contributed by atoms with E-state index in [0.29, 0.717) is 28.7 Å². The van der Waals surface area contributed by atoms with Crippen LogP contribution in [0.4, 0.5) is 0 Å². The van der Waals surface area contributed by atoms with Crippen LogP contribution in [0.2, 0.25) is 0 Å². The van der Waals surface area contributed by atoms with Crippen LogP contribution in [0.25, 0.3) is 0 Å². The molecule has 10 rings (SSSR count). The number of Topliss-reactive ketones (excluding diaryl/α,β-unsaturated/α-hetero) is 2. The van der Waals surface area contributed by atoms with Gasteiger partial charge in [-0.05, 0) is 243 Å². The van der Waals surface area contributed by atoms with E-state index >= 15 is 0 Å². The molecule has 0 spiro atoms. The van der Waals surface area contributed by atoms with Crippen LogP contribution in [0.15, 0.2) is 0 Å². The molecule has 298 valence electrons. The number of hydrogen-bond acceptors (Lipinski definition) is 4. The average Bonchev–Trinajstić information content (AvgIpc) is 4.05. The van der Waals surface area contributed by atoms with Crippen LogP contribution in [0.3, 0.4) is 0 Å². The van der Waals surface area contributed by atoms with Crippen molar-refractivity contribution in [3.63, 3.8) is 0 Å². The second kappa shape index (κ2) is 13.7. The maximum Gasteiger partial charge on any atom is 0.147 e. The van der Waals surface area contributed by atoms with Crippen LogP contribution in [-0.4, -0.2) is 38.3 Å². The van der Waals surface area contributed by atoms with Crippen LogP contribution in [0.5, 0.6) is 0 Å². The molecular weight excluding hydrogens is 720 g/mol. The molecular formula is C48H75BrO4. The van der Waals surface area contributed by atoms with Gasteiger partial charge in [0.15, 0.2) is 0 Å². The second-order valence-corrected chi connectivity index (χ2v) is 23.6. The number of halogens is 1. The summed E-state index contributed by atoms with van der Waals surface area (Å²) in [5, 5.41) is 21.7. The highest BCUT2D eigenvalue weighted by Crippen LogP contribution is 2.71. The quantitative estimate of drug-likeness (QED) is 0.272. The molecule has 18 atom stereocenters. The Morgan fingerprint density at radius 3 is 1.32 bits per heavy atom. The molecule has 0 radical (unpaired) electrons. The summed E-state index contributed by atoms with van der Waals surface area (Å²) < 4.78 is 0. The molecule has 0 bridgehead atoms. The minimum absolute atomic E-state index is 0.256. The van der Waals surface area contributed by atoms with Gasteiger partial charge in [0.1, 0.15) is 11.6 Å². The lowest BCUT2D eigenvalue weighted by atomic mass is 9.48. The lowest BCUT2D eigenvalue weighted by molar-refractivity contribution is -0.131. The van der Waals surface area contributed by atoms with Gasteiger partial charge in [-0.25, -0.2) is 0 Å². The topological polar surface area (TPSA) is 74.6 Å². The maximum atomic E-state index is 12.8. The summed E-state index contributed by atoms with van der Waals surface area (Å²) in [6.45, 7) is 11.0. The Kier molecular flexibility index (Phi) is 9.87. The third kappa shape index (κ3) is 6.56. The predicted octanol–water partition coefficient (Wildman–Crippen LogP) is 10.8. The molecule has 0 amide bonds. The van der Waals surface area contributed by atoms with Gasteiger partial charge in [-0.1, -0.05) is 29.8 Å². The molecule has 0 aromatic rings. The molecule has 0 heterocycles. The fraction of sp³-hybridized carbons (Fsp3) is 0.958. The van der Waals surface area contributed by atoms with E-state index in [-0.39, 0.29) is 10.8 Å². The fourth-order valence-electron chi connectivity index (χ4n) is 17.8. The SMILES string of the molecule is CC(=O)[C@H]1C[C@@H](C2CC2)[C@H]2[C@@H]3CC[C@@H]4C[C@](C)(O)CC[C@@H]4[C@H]3CC[C@@]21C.C[C@@]1(O)CC[C@H]2[C@H](CC[C@@H]3[C@@H]2CC[C@@]2(C)[C@H]3[C@H](C3CC3)C[C@@H]2C(=O)CBr)C1. The Labute approximate surface area is 331 Å². The standard InChI is InChI=1S/C24H37BrO2.C24H38O2/c1-23(27)9-7-16-15(12-23)5-6-18-17(16)8-10-24(2)20(21(26)13-25)11-19(22(18)24)14-3-4-14;1-14(25)21-12-20(15-4-5-15)22-19-7-6-16-13-23(2,26)10-8-17(16)18(19)9-11-24(21,22)3/h14-20,22,27H,3-13H2,1-2H3;15-22,26H,4-13H2,1-3H3/t15-,16+,17-,18-,19+,20-,22-,23-,24-;16-,17+,18-,19-,20+,21-,22-,23-,24-/m11/s1. The maximum absolute atomic E-state index is 12.8. The largest absolute Gasteiger partial charge is 0.390 e. The zero-order valence-corrected chi connectivity index (χ0v) is 35.8. The first-order valence-corrected chi connectivity index (χ1v) is 24.3. The van der Waals surface area contributed by atoms with Gasteiger partial charge in [0.25, 0.3) is 0 Å². The Bertz CT molecular complexity index is 1410. The van der Waals surface area contributed by atoms with Crippen molar-refractivity contribution in [3.8, 4) is 0 Å². The number of fused-ring (bicyclic) bond motifs is 10. The Hall–Kier alpha value is -0.260. The fourth-order valence-corrected chi connectivity index (χ4v) is 18.1. The van der Waals surface area contributed by atoms with E-state index in [4.69, 9.17) is 0 Å². The van der Waals surface area contributed by atoms with Crippen LogP contribution in [0, 0.1) is 106 Å². The van der Waals surface area contributed by atoms with Crippen molar-refractivity contribution < 1.29 is 19.8 Å². The predicted molar refractivity (Wildman–Crippen MR) is 215 cm³/mol. The number of aliphatic hydroxyl groups is 2. The van der Waals surface area contributed by atoms with E-state index in [0.717, 1.165) is 109 Å². The minimum atomic E-state index is -0.422. The van der Waals surface area contributed by atoms with Crippen molar-refractivity contribution in [2.45, 2.75) is 174 Å². The first kappa shape index (κ1) is 38.3. The summed E-state index contributed by atoms with van der Waals surface area (Å²) in [6, 6.07) is 0. The average molecular weight is 796 g/mol. The summed E-state index contributed by atoms with van der Waals surface area (Å²) >= 11 is 3.49. The summed E-state index contributed by atoms with van der Waals surface area (Å²) in [5.74, 6) is 13.4. The van der Waals surface area contributed by atoms with Crippen molar-refractivity contribution in [3.05, 3.63) is 0 Å². The van der Waals surface area contributed by atoms with Gasteiger partial charge in [0, 0.05) is 11.8 Å². The van der Waals surface area contributed by atoms with Gasteiger partial charge in [0.2, 0.25) is 0 Å². The monoisotopic (exact) mass is 794 g/mol. The van der Waals surface area contributed by atoms with Crippen LogP contribution >= 0.6 is 15.9 Å². The molecule has 10 saturated carbocycles. The van der Waals surface area contributed by atoms with E-state index in [2.05, 4.69) is 43.6 Å². The normalized spacial score (nSPS) is 55.5. The van der Waals surface area contributed by atoms with Crippen molar-refractivity contribution in [2.75, 3.05) is 5.33 Å². The third-order valence-corrected chi connectivity index (χ3v) is 20.6. The summed E-state index contributed by atoms with van der Waals surface area (Å²) in [5.41, 5.74) is -0.297. The molecule has 0 aliphatic heterocycles. The highest BCUT2D eigenvalue weighted by Gasteiger charge is 2.65. The van der Waals surface area contributed by atoms with Gasteiger partial charge >= 0.3 is 0 Å². The summed E-state index contributed by atoms with van der Waals surface area (Å²) in [6.07, 6.45) is 25.2. The number of rotatable bonds is 5. The number of alkyl halides is 1. The molecule has 4 nitrogen and oxygen atoms in total. The molecule has 0 saturated heterocycles. The minimum Gasteiger partial charge on any atom is -0.390 e. The molecule has 5 heteroatoms. The van der Waals surface area contributed by atoms with E-state index in [1.807, 2.05) is 6.92 Å². The molecule has 0 unspecified atom stereocenters. The third-order valence-electron chi connectivity index (χ3n) is 20.1. The molecule has 0 aromatic heterocycles. The Morgan fingerprint density at radius 2 is 0.906 bits per heavy atom. The molecule has 2 N–H and O–H groups in total. The van der Waals surface area contributed by atoms with Crippen molar-refractivity contribution in [2.24, 2.45) is 106 Å². The van der Waals surface area contributed by atoms with E-state index in [1.165, 1.54) is 103 Å². The highest BCUT2D eigenvalue weighted by atomic mass is 79.9. The molecule has 10 aliphatic rings. The molecule has 53 heavy (non-hydrogen) atoms. The van der Waals surface area contributed by atoms with Crippen LogP contribution in [-0.2, 0) is 9.59 Å². The van der Waals surface area contributed by atoms with Gasteiger partial charge < -0.3 is 10.2 Å². The van der Waals surface area contributed by atoms with Crippen molar-refractivity contribution in [1.82, 2.24) is 0 Å². The Balaban J connectivity index is 0.000000141. The van der Waals surface area contributed by atoms with Gasteiger partial charge in [-0.2, -0.15) is 0 Å². The number of carbonyl (C=O) groups excluding carboxylic acids is 2. The summed E-state index contributed by atoms with van der Waals surface area (Å²) in [4.78, 5) is 25.4. The van der Waals surface area contributed by atoms with Gasteiger partial charge in [0.05, 0.1) is 16.5 Å². The Morgan fingerprint density at radius 1 is 0.509 bits per heavy atom. The zero-order valence-electron chi connectivity index (χ0n) is 34.2. The summed E-state index contributed by atoms with van der Waals surface area (Å²) in [7, 11) is 0. The van der Waals surface area contributed by atoms with Crippen LogP contribution in [0.1, 0.15) is 163 Å². The molecule has 0 aromatic carbocycles. The number of carbonyl (C=O) groups is 2. The van der Waals surface area contributed by atoms with E-state index < -0.39 is 11.2 Å². The lowest BCUT2D eigenvalue weighted by Crippen LogP contribution is -2.52. The second-order valence-electron chi connectivity index (χ2n) is 23.1. The highest BCUT2D eigenvalue weighted by molar-refractivity contribution is 9.09. The van der Waals surface area contributed by atoms with Crippen molar-refractivity contribution in [1.29, 1.82) is 0 Å². The lowest BCUT2D eigenvalue weighted by Gasteiger charge is -2.57. The number of ketones is 2. The smallest absolute Gasteiger partial charge is 0.147 e. The van der Waals surface area contributed by atoms with Gasteiger partial charge in [-0.15, -0.1) is 0 Å². The van der Waals surface area contributed by atoms with Crippen LogP contribution < -0.4 is 0 Å². The first-order chi connectivity index (χ1) is 25.1. The van der Waals surface area contributed by atoms with E-state index in [1.54, 1.807) is 0 Å². The zero-order chi connectivity index (χ0) is 37.2. The first-order valence-electron chi connectivity index (χ1n) is 23.2. The molecule has 10 aliphatic carbocycles. The molecule has 10 fully saturated rings. The number of hydrogen-bond donors (Lipinski definition) is 2.